The topological polar surface area (TPSA) is 93.4 Å². The molecule has 6 nitrogen and oxygen atoms in total. The monoisotopic (exact) mass is 202 g/mol. The molecule has 2 aromatic heterocycles. The molecule has 76 valence electrons. The van der Waals surface area contributed by atoms with E-state index >= 15 is 0 Å². The normalized spacial score (nSPS) is 10.3. The van der Waals surface area contributed by atoms with E-state index < -0.39 is 0 Å². The summed E-state index contributed by atoms with van der Waals surface area (Å²) in [5.74, 6) is 0.388. The molecule has 0 unspecified atom stereocenters. The van der Waals surface area contributed by atoms with Crippen LogP contribution in [0.3, 0.4) is 0 Å². The van der Waals surface area contributed by atoms with E-state index in [1.165, 1.54) is 6.33 Å². The first kappa shape index (κ1) is 9.40. The molecule has 2 rings (SSSR count). The molecule has 6 heteroatoms. The van der Waals surface area contributed by atoms with Gasteiger partial charge in [0.2, 0.25) is 0 Å². The largest absolute Gasteiger partial charge is 0.382 e. The molecule has 2 heterocycles. The number of unbranched alkanes of at least 4 members (excludes halogenated alkanes) is 1. The molecule has 0 fully saturated rings. The first-order valence-corrected chi connectivity index (χ1v) is 4.61. The molecule has 0 atom stereocenters. The third-order valence-corrected chi connectivity index (χ3v) is 2.12. The minimum atomic E-state index is 0.388. The molecule has 15 heavy (non-hydrogen) atoms. The Hall–Kier alpha value is -2.16. The quantitative estimate of drug-likeness (QED) is 0.740. The summed E-state index contributed by atoms with van der Waals surface area (Å²) in [5.41, 5.74) is 6.99. The Balaban J connectivity index is 2.30. The van der Waals surface area contributed by atoms with Crippen molar-refractivity contribution in [3.63, 3.8) is 0 Å². The second kappa shape index (κ2) is 3.92. The van der Waals surface area contributed by atoms with E-state index in [0.717, 1.165) is 18.6 Å². The Morgan fingerprint density at radius 1 is 1.40 bits per heavy atom. The maximum absolute atomic E-state index is 8.43. The lowest BCUT2D eigenvalue weighted by atomic mass is 10.3. The van der Waals surface area contributed by atoms with Gasteiger partial charge in [-0.15, -0.1) is 0 Å². The first-order chi connectivity index (χ1) is 7.33. The van der Waals surface area contributed by atoms with E-state index in [1.807, 2.05) is 4.57 Å². The fraction of sp³-hybridized carbons (Fsp3) is 0.333. The van der Waals surface area contributed by atoms with E-state index in [9.17, 15) is 0 Å². The fourth-order valence-corrected chi connectivity index (χ4v) is 1.39. The molecule has 0 aliphatic carbocycles. The zero-order valence-electron chi connectivity index (χ0n) is 8.09. The molecule has 0 aliphatic rings. The summed E-state index contributed by atoms with van der Waals surface area (Å²) < 4.78 is 1.88. The van der Waals surface area contributed by atoms with Crippen LogP contribution in [0.2, 0.25) is 0 Å². The minimum absolute atomic E-state index is 0.388. The number of rotatable bonds is 3. The summed E-state index contributed by atoms with van der Waals surface area (Å²) in [5, 5.41) is 8.43. The Morgan fingerprint density at radius 2 is 2.27 bits per heavy atom. The summed E-state index contributed by atoms with van der Waals surface area (Å²) in [6, 6.07) is 2.10. The number of hydrogen-bond donors (Lipinski definition) is 1. The van der Waals surface area contributed by atoms with Crippen LogP contribution in [0.5, 0.6) is 0 Å². The van der Waals surface area contributed by atoms with Crippen molar-refractivity contribution in [1.29, 1.82) is 5.26 Å². The van der Waals surface area contributed by atoms with Crippen molar-refractivity contribution in [2.24, 2.45) is 0 Å². The predicted molar refractivity (Wildman–Crippen MR) is 54.6 cm³/mol. The highest BCUT2D eigenvalue weighted by Crippen LogP contribution is 2.14. The Labute approximate surface area is 86.4 Å². The van der Waals surface area contributed by atoms with Gasteiger partial charge in [0.25, 0.3) is 0 Å². The third-order valence-electron chi connectivity index (χ3n) is 2.12. The number of nitrogens with two attached hydrogens (primary N) is 1. The maximum atomic E-state index is 8.43. The lowest BCUT2D eigenvalue weighted by Gasteiger charge is -2.00. The van der Waals surface area contributed by atoms with Crippen LogP contribution in [0, 0.1) is 11.3 Å². The molecule has 0 saturated carbocycles. The van der Waals surface area contributed by atoms with Crippen LogP contribution in [0.25, 0.3) is 11.2 Å². The standard InChI is InChI=1S/C9H10N6/c10-3-1-2-4-15-6-14-7-8(11)12-5-13-9(7)15/h5-6H,1-2,4H2,(H2,11,12,13). The van der Waals surface area contributed by atoms with Crippen molar-refractivity contribution < 1.29 is 0 Å². The zero-order chi connectivity index (χ0) is 10.7. The molecule has 0 bridgehead atoms. The fourth-order valence-electron chi connectivity index (χ4n) is 1.39. The highest BCUT2D eigenvalue weighted by Gasteiger charge is 2.06. The van der Waals surface area contributed by atoms with Crippen LogP contribution < -0.4 is 5.73 Å². The molecular formula is C9H10N6. The number of hydrogen-bond acceptors (Lipinski definition) is 5. The summed E-state index contributed by atoms with van der Waals surface area (Å²) in [4.78, 5) is 12.1. The van der Waals surface area contributed by atoms with Crippen LogP contribution in [0.1, 0.15) is 12.8 Å². The average molecular weight is 202 g/mol. The lowest BCUT2D eigenvalue weighted by molar-refractivity contribution is 0.664. The summed E-state index contributed by atoms with van der Waals surface area (Å²) >= 11 is 0. The van der Waals surface area contributed by atoms with Crippen molar-refractivity contribution in [2.75, 3.05) is 5.73 Å². The van der Waals surface area contributed by atoms with Crippen molar-refractivity contribution in [2.45, 2.75) is 19.4 Å². The number of aromatic nitrogens is 4. The third kappa shape index (κ3) is 1.72. The van der Waals surface area contributed by atoms with E-state index in [4.69, 9.17) is 11.0 Å². The number of aryl methyl sites for hydroxylation is 1. The molecule has 0 spiro atoms. The Kier molecular flexibility index (Phi) is 2.46. The molecular weight excluding hydrogens is 192 g/mol. The molecule has 2 N–H and O–H groups in total. The zero-order valence-corrected chi connectivity index (χ0v) is 8.09. The molecule has 0 aliphatic heterocycles. The number of imidazole rings is 1. The van der Waals surface area contributed by atoms with Gasteiger partial charge in [0.05, 0.1) is 12.4 Å². The van der Waals surface area contributed by atoms with Gasteiger partial charge in [0.15, 0.2) is 11.5 Å². The number of nitriles is 1. The van der Waals surface area contributed by atoms with Crippen LogP contribution in [-0.4, -0.2) is 19.5 Å². The molecule has 2 aromatic rings. The molecule has 0 amide bonds. The van der Waals surface area contributed by atoms with Crippen LogP contribution in [0.15, 0.2) is 12.7 Å². The van der Waals surface area contributed by atoms with Gasteiger partial charge in [0, 0.05) is 13.0 Å². The van der Waals surface area contributed by atoms with Crippen LogP contribution in [0.4, 0.5) is 5.82 Å². The van der Waals surface area contributed by atoms with Crippen molar-refractivity contribution in [1.82, 2.24) is 19.5 Å². The second-order valence-corrected chi connectivity index (χ2v) is 3.13. The summed E-state index contributed by atoms with van der Waals surface area (Å²) in [6.07, 6.45) is 4.40. The van der Waals surface area contributed by atoms with Gasteiger partial charge in [0.1, 0.15) is 11.8 Å². The van der Waals surface area contributed by atoms with Gasteiger partial charge in [-0.25, -0.2) is 15.0 Å². The van der Waals surface area contributed by atoms with Crippen molar-refractivity contribution >= 4 is 17.0 Å². The van der Waals surface area contributed by atoms with Gasteiger partial charge in [-0.05, 0) is 6.42 Å². The van der Waals surface area contributed by atoms with Crippen LogP contribution >= 0.6 is 0 Å². The SMILES string of the molecule is N#CCCCn1cnc2c(N)ncnc21. The van der Waals surface area contributed by atoms with Crippen molar-refractivity contribution in [3.05, 3.63) is 12.7 Å². The van der Waals surface area contributed by atoms with E-state index in [0.29, 0.717) is 17.8 Å². The molecule has 0 radical (unpaired) electrons. The minimum Gasteiger partial charge on any atom is -0.382 e. The summed E-state index contributed by atoms with van der Waals surface area (Å²) in [6.45, 7) is 0.723. The Morgan fingerprint density at radius 3 is 3.07 bits per heavy atom. The number of fused-ring (bicyclic) bond motifs is 1. The van der Waals surface area contributed by atoms with Gasteiger partial charge >= 0.3 is 0 Å². The van der Waals surface area contributed by atoms with Gasteiger partial charge in [-0.3, -0.25) is 0 Å². The smallest absolute Gasteiger partial charge is 0.165 e. The first-order valence-electron chi connectivity index (χ1n) is 4.61. The van der Waals surface area contributed by atoms with E-state index in [2.05, 4.69) is 21.0 Å². The maximum Gasteiger partial charge on any atom is 0.165 e. The van der Waals surface area contributed by atoms with Crippen molar-refractivity contribution in [3.8, 4) is 6.07 Å². The lowest BCUT2D eigenvalue weighted by Crippen LogP contribution is -1.99. The van der Waals surface area contributed by atoms with Gasteiger partial charge < -0.3 is 10.3 Å². The van der Waals surface area contributed by atoms with Gasteiger partial charge in [-0.1, -0.05) is 0 Å². The number of nitrogens with zero attached hydrogens (tertiary/aromatic N) is 5. The molecule has 0 aromatic carbocycles. The van der Waals surface area contributed by atoms with E-state index in [-0.39, 0.29) is 0 Å². The highest BCUT2D eigenvalue weighted by atomic mass is 15.1. The number of nitrogen functional groups attached to an aromatic ring is 1. The highest BCUT2D eigenvalue weighted by molar-refractivity contribution is 5.80. The van der Waals surface area contributed by atoms with Crippen LogP contribution in [-0.2, 0) is 6.54 Å². The predicted octanol–water partition coefficient (Wildman–Crippen LogP) is 0.712. The number of anilines is 1. The Bertz CT molecular complexity index is 509. The van der Waals surface area contributed by atoms with Gasteiger partial charge in [-0.2, -0.15) is 5.26 Å². The second-order valence-electron chi connectivity index (χ2n) is 3.13. The molecule has 0 saturated heterocycles. The van der Waals surface area contributed by atoms with E-state index in [1.54, 1.807) is 6.33 Å². The summed E-state index contributed by atoms with van der Waals surface area (Å²) in [7, 11) is 0. The average Bonchev–Trinajstić information content (AvgIpc) is 2.64.